The lowest BCUT2D eigenvalue weighted by molar-refractivity contribution is 0.112. The van der Waals surface area contributed by atoms with Crippen LogP contribution in [-0.4, -0.2) is 40.0 Å². The summed E-state index contributed by atoms with van der Waals surface area (Å²) in [6.45, 7) is 0. The molecule has 6 radical (unpaired) electrons. The fraction of sp³-hybridized carbons (Fsp3) is 0. The first kappa shape index (κ1) is 9.77. The van der Waals surface area contributed by atoms with Gasteiger partial charge in [0.25, 0.3) is 0 Å². The number of carbonyl (C=O) groups is 1. The van der Waals surface area contributed by atoms with Gasteiger partial charge in [-0.05, 0) is 5.46 Å². The molecule has 58 valence electrons. The summed E-state index contributed by atoms with van der Waals surface area (Å²) in [7, 11) is 15.8. The van der Waals surface area contributed by atoms with Crippen molar-refractivity contribution < 1.29 is 15.0 Å². The number of hydrogen-bond donors (Lipinski definition) is 2. The van der Waals surface area contributed by atoms with Gasteiger partial charge in [-0.25, -0.2) is 0 Å². The van der Waals surface area contributed by atoms with E-state index in [-0.39, 0.29) is 22.0 Å². The van der Waals surface area contributed by atoms with E-state index in [1.54, 1.807) is 0 Å². The first-order chi connectivity index (χ1) is 6.00. The molecule has 1 rings (SSSR count). The SMILES string of the molecule is [B]c1c([B])c(O)c(C=O)c([B])c1O. The second-order valence-corrected chi connectivity index (χ2v) is 2.47. The minimum Gasteiger partial charge on any atom is -0.509 e. The zero-order chi connectivity index (χ0) is 10.2. The fourth-order valence-corrected chi connectivity index (χ4v) is 0.920. The lowest BCUT2D eigenvalue weighted by atomic mass is 9.73. The standard InChI is InChI=1S/C7H3B3O3/c8-3-2(1-11)6(12)4(9)5(10)7(3)13/h1,12-13H. The number of aromatic hydroxyl groups is 2. The second kappa shape index (κ2) is 3.20. The third-order valence-electron chi connectivity index (χ3n) is 1.72. The minimum absolute atomic E-state index is 0.236. The molecule has 1 aromatic carbocycles. The number of aldehydes is 1. The van der Waals surface area contributed by atoms with Gasteiger partial charge in [0.1, 0.15) is 35.0 Å². The average Bonchev–Trinajstić information content (AvgIpc) is 2.13. The lowest BCUT2D eigenvalue weighted by Crippen LogP contribution is -2.33. The molecular weight excluding hydrogens is 165 g/mol. The van der Waals surface area contributed by atoms with Gasteiger partial charge < -0.3 is 10.2 Å². The van der Waals surface area contributed by atoms with Crippen molar-refractivity contribution in [3.05, 3.63) is 5.56 Å². The highest BCUT2D eigenvalue weighted by Gasteiger charge is 2.13. The van der Waals surface area contributed by atoms with Gasteiger partial charge in [-0.2, -0.15) is 0 Å². The maximum atomic E-state index is 10.4. The molecule has 0 aliphatic heterocycles. The Labute approximate surface area is 79.0 Å². The molecule has 0 bridgehead atoms. The third-order valence-corrected chi connectivity index (χ3v) is 1.72. The maximum Gasteiger partial charge on any atom is 0.153 e. The Morgan fingerprint density at radius 1 is 0.923 bits per heavy atom. The Bertz CT molecular complexity index is 347. The molecule has 6 heteroatoms. The molecule has 0 heterocycles. The fourth-order valence-electron chi connectivity index (χ4n) is 0.920. The van der Waals surface area contributed by atoms with Crippen molar-refractivity contribution in [3.8, 4) is 11.5 Å². The first-order valence-corrected chi connectivity index (χ1v) is 3.34. The molecular formula is C7H3B3O3. The van der Waals surface area contributed by atoms with Crippen molar-refractivity contribution in [1.82, 2.24) is 0 Å². The molecule has 0 saturated carbocycles. The van der Waals surface area contributed by atoms with Gasteiger partial charge in [0.15, 0.2) is 6.29 Å². The highest BCUT2D eigenvalue weighted by molar-refractivity contribution is 6.54. The minimum atomic E-state index is -0.511. The van der Waals surface area contributed by atoms with Gasteiger partial charge in [-0.3, -0.25) is 4.79 Å². The van der Waals surface area contributed by atoms with Crippen molar-refractivity contribution in [2.24, 2.45) is 0 Å². The van der Waals surface area contributed by atoms with Crippen molar-refractivity contribution in [3.63, 3.8) is 0 Å². The summed E-state index contributed by atoms with van der Waals surface area (Å²) in [4.78, 5) is 10.4. The van der Waals surface area contributed by atoms with Crippen molar-refractivity contribution >= 4 is 46.2 Å². The van der Waals surface area contributed by atoms with Crippen LogP contribution in [0.1, 0.15) is 10.4 Å². The number of hydrogen-bond acceptors (Lipinski definition) is 3. The van der Waals surface area contributed by atoms with Crippen molar-refractivity contribution in [2.45, 2.75) is 0 Å². The number of phenolic OH excluding ortho intramolecular Hbond substituents is 2. The van der Waals surface area contributed by atoms with E-state index in [9.17, 15) is 15.0 Å². The maximum absolute atomic E-state index is 10.4. The zero-order valence-corrected chi connectivity index (χ0v) is 6.61. The van der Waals surface area contributed by atoms with E-state index in [1.807, 2.05) is 0 Å². The first-order valence-electron chi connectivity index (χ1n) is 3.34. The summed E-state index contributed by atoms with van der Waals surface area (Å²) in [6.07, 6.45) is 0.292. The summed E-state index contributed by atoms with van der Waals surface area (Å²) in [5.74, 6) is -1.000. The Morgan fingerprint density at radius 2 is 1.38 bits per heavy atom. The third kappa shape index (κ3) is 1.32. The van der Waals surface area contributed by atoms with E-state index < -0.39 is 11.5 Å². The number of rotatable bonds is 1. The number of carbonyl (C=O) groups excluding carboxylic acids is 1. The van der Waals surface area contributed by atoms with Crippen LogP contribution in [0.15, 0.2) is 0 Å². The topological polar surface area (TPSA) is 57.5 Å². The van der Waals surface area contributed by atoms with Crippen LogP contribution in [0, 0.1) is 0 Å². The summed E-state index contributed by atoms with van der Waals surface area (Å²) < 4.78 is 0. The molecule has 1 aromatic rings. The molecule has 0 atom stereocenters. The van der Waals surface area contributed by atoms with E-state index in [0.717, 1.165) is 0 Å². The van der Waals surface area contributed by atoms with E-state index in [2.05, 4.69) is 0 Å². The van der Waals surface area contributed by atoms with Crippen LogP contribution in [0.3, 0.4) is 0 Å². The highest BCUT2D eigenvalue weighted by Crippen LogP contribution is 2.11. The predicted molar refractivity (Wildman–Crippen MR) is 51.3 cm³/mol. The second-order valence-electron chi connectivity index (χ2n) is 2.47. The van der Waals surface area contributed by atoms with E-state index >= 15 is 0 Å². The summed E-state index contributed by atoms with van der Waals surface area (Å²) in [5.41, 5.74) is -1.03. The van der Waals surface area contributed by atoms with Crippen LogP contribution in [0.25, 0.3) is 0 Å². The Morgan fingerprint density at radius 3 is 1.85 bits per heavy atom. The molecule has 13 heavy (non-hydrogen) atoms. The predicted octanol–water partition coefficient (Wildman–Crippen LogP) is -2.71. The van der Waals surface area contributed by atoms with E-state index in [4.69, 9.17) is 23.5 Å². The van der Waals surface area contributed by atoms with Gasteiger partial charge >= 0.3 is 0 Å². The lowest BCUT2D eigenvalue weighted by Gasteiger charge is -2.13. The van der Waals surface area contributed by atoms with Gasteiger partial charge in [0, 0.05) is 0 Å². The average molecular weight is 168 g/mol. The molecule has 0 unspecified atom stereocenters. The molecule has 0 saturated heterocycles. The van der Waals surface area contributed by atoms with Crippen LogP contribution < -0.4 is 16.4 Å². The molecule has 0 fully saturated rings. The highest BCUT2D eigenvalue weighted by atomic mass is 16.3. The molecule has 0 amide bonds. The Balaban J connectivity index is 3.66. The summed E-state index contributed by atoms with van der Waals surface area (Å²) in [6, 6.07) is 0. The molecule has 2 N–H and O–H groups in total. The summed E-state index contributed by atoms with van der Waals surface area (Å²) >= 11 is 0. The molecule has 0 aliphatic rings. The van der Waals surface area contributed by atoms with Crippen LogP contribution in [0.4, 0.5) is 0 Å². The van der Waals surface area contributed by atoms with Crippen molar-refractivity contribution in [1.29, 1.82) is 0 Å². The Kier molecular flexibility index (Phi) is 2.41. The normalized spacial score (nSPS) is 9.85. The van der Waals surface area contributed by atoms with Crippen LogP contribution in [0.5, 0.6) is 11.5 Å². The molecule has 0 aliphatic carbocycles. The van der Waals surface area contributed by atoms with Gasteiger partial charge in [0.2, 0.25) is 0 Å². The van der Waals surface area contributed by atoms with Gasteiger partial charge in [-0.1, -0.05) is 10.9 Å². The van der Waals surface area contributed by atoms with Crippen molar-refractivity contribution in [2.75, 3.05) is 0 Å². The van der Waals surface area contributed by atoms with Gasteiger partial charge in [-0.15, -0.1) is 0 Å². The smallest absolute Gasteiger partial charge is 0.153 e. The number of benzene rings is 1. The van der Waals surface area contributed by atoms with Crippen LogP contribution in [0.2, 0.25) is 0 Å². The monoisotopic (exact) mass is 168 g/mol. The summed E-state index contributed by atoms with van der Waals surface area (Å²) in [5, 5.41) is 18.5. The largest absolute Gasteiger partial charge is 0.509 e. The molecule has 0 spiro atoms. The molecule has 0 aromatic heterocycles. The Hall–Kier alpha value is -1.32. The molecule has 3 nitrogen and oxygen atoms in total. The van der Waals surface area contributed by atoms with Crippen LogP contribution >= 0.6 is 0 Å². The van der Waals surface area contributed by atoms with E-state index in [0.29, 0.717) is 6.29 Å². The van der Waals surface area contributed by atoms with Crippen LogP contribution in [-0.2, 0) is 0 Å². The van der Waals surface area contributed by atoms with E-state index in [1.165, 1.54) is 0 Å². The quantitative estimate of drug-likeness (QED) is 0.272. The number of phenols is 2. The van der Waals surface area contributed by atoms with Gasteiger partial charge in [0.05, 0.1) is 5.56 Å². The zero-order valence-electron chi connectivity index (χ0n) is 6.61.